The molecular formula is C42H57NO13. The summed E-state index contributed by atoms with van der Waals surface area (Å²) >= 11 is 0. The number of hydrogen-bond donors (Lipinski definition) is 6. The van der Waals surface area contributed by atoms with Crippen LogP contribution in [0.15, 0.2) is 72.3 Å². The van der Waals surface area contributed by atoms with Gasteiger partial charge in [0.25, 0.3) is 5.97 Å². The van der Waals surface area contributed by atoms with Gasteiger partial charge in [0.2, 0.25) is 0 Å². The third-order valence-corrected chi connectivity index (χ3v) is 10.6. The molecule has 14 nitrogen and oxygen atoms in total. The lowest BCUT2D eigenvalue weighted by atomic mass is 9.55. The first-order chi connectivity index (χ1) is 26.3. The fourth-order valence-corrected chi connectivity index (χ4v) is 8.05. The molecule has 10 atom stereocenters. The summed E-state index contributed by atoms with van der Waals surface area (Å²) in [4.78, 5) is 47.3. The lowest BCUT2D eigenvalue weighted by Gasteiger charge is -2.55. The molecule has 56 heavy (non-hydrogen) atoms. The minimum atomic E-state index is -1.41. The van der Waals surface area contributed by atoms with Gasteiger partial charge in [-0.2, -0.15) is 0 Å². The number of amides is 1. The first-order valence-electron chi connectivity index (χ1n) is 19.1. The van der Waals surface area contributed by atoms with Crippen LogP contribution in [-0.2, 0) is 28.5 Å². The summed E-state index contributed by atoms with van der Waals surface area (Å²) in [6, 6.07) is 18.6. The second kappa shape index (κ2) is 18.4. The number of aliphatic hydroxyl groups excluding tert-OH is 2. The normalized spacial score (nSPS) is 31.2. The van der Waals surface area contributed by atoms with E-state index in [0.29, 0.717) is 37.0 Å². The summed E-state index contributed by atoms with van der Waals surface area (Å²) in [5, 5.41) is 48.5. The maximum absolute atomic E-state index is 13.5. The second-order valence-electron chi connectivity index (χ2n) is 15.8. The van der Waals surface area contributed by atoms with Gasteiger partial charge in [-0.1, -0.05) is 68.5 Å². The third-order valence-electron chi connectivity index (χ3n) is 10.6. The number of allylic oxidation sites excluding steroid dienone is 1. The standard InChI is InChI=1S/C24H26O7.C14H21NO2.C2H6O2.C2H4O2/c1-12-14-8-5-9-23(12,28)21(30-22(27)13-6-3-2-4-7-13)18-15-11-29-16(15)10-17-24(18,31-17)20(26)19(14)25;1-5-12(11-9-7-6-8-10-11)15-13(16)17-14(2,3)4;2*1-2(3)4/h2-4,6-8,12,15-19,21,25,28H,5,9-11H2,1H3;6-10,12H,5H2,1-4H3,(H,15,16);2-4H,1H3;1H3,(H,3,4)/t12?,15?,16-,17?,18?,19?,21+,23?,24?;;;/m1.../s1. The highest BCUT2D eigenvalue weighted by Gasteiger charge is 2.79. The Morgan fingerprint density at radius 2 is 1.61 bits per heavy atom. The first kappa shape index (κ1) is 44.5. The van der Waals surface area contributed by atoms with Crippen LogP contribution in [0.2, 0.25) is 0 Å². The number of hydrogen-bond acceptors (Lipinski definition) is 12. The van der Waals surface area contributed by atoms with Crippen molar-refractivity contribution >= 4 is 23.8 Å². The number of ketones is 1. The zero-order valence-electron chi connectivity index (χ0n) is 33.1. The average Bonchev–Trinajstić information content (AvgIpc) is 3.86. The molecule has 14 heteroatoms. The zero-order chi connectivity index (χ0) is 41.6. The van der Waals surface area contributed by atoms with Gasteiger partial charge in [-0.25, -0.2) is 9.59 Å². The van der Waals surface area contributed by atoms with E-state index in [-0.39, 0.29) is 29.9 Å². The van der Waals surface area contributed by atoms with Crippen molar-refractivity contribution in [2.75, 3.05) is 6.61 Å². The molecule has 308 valence electrons. The molecule has 0 aromatic heterocycles. The van der Waals surface area contributed by atoms with Crippen molar-refractivity contribution < 1.29 is 63.7 Å². The molecule has 6 N–H and O–H groups in total. The predicted molar refractivity (Wildman–Crippen MR) is 203 cm³/mol. The van der Waals surface area contributed by atoms with Crippen LogP contribution in [0.4, 0.5) is 4.79 Å². The molecule has 4 fully saturated rings. The van der Waals surface area contributed by atoms with Crippen molar-refractivity contribution in [3.8, 4) is 0 Å². The number of esters is 1. The number of fused-ring (bicyclic) bond motifs is 4. The number of aliphatic carboxylic acids is 1. The van der Waals surface area contributed by atoms with Gasteiger partial charge in [-0.05, 0) is 70.2 Å². The van der Waals surface area contributed by atoms with E-state index < -0.39 is 65.2 Å². The highest BCUT2D eigenvalue weighted by molar-refractivity contribution is 5.97. The van der Waals surface area contributed by atoms with Crippen LogP contribution in [0.25, 0.3) is 0 Å². The van der Waals surface area contributed by atoms with Gasteiger partial charge in [0.05, 0.1) is 30.4 Å². The smallest absolute Gasteiger partial charge is 0.408 e. The molecule has 2 saturated carbocycles. The Kier molecular flexibility index (Phi) is 14.6. The molecule has 0 radical (unpaired) electrons. The monoisotopic (exact) mass is 783 g/mol. The van der Waals surface area contributed by atoms with Crippen molar-refractivity contribution in [3.05, 3.63) is 83.4 Å². The van der Waals surface area contributed by atoms with E-state index in [9.17, 15) is 24.6 Å². The number of ether oxygens (including phenoxy) is 4. The number of rotatable bonds is 5. The Morgan fingerprint density at radius 1 is 1.04 bits per heavy atom. The Labute approximate surface area is 327 Å². The Morgan fingerprint density at radius 3 is 2.12 bits per heavy atom. The SMILES string of the molecule is CC(=O)O.CC(O)O.CC1C2=CCCC1(O)[C@@H](OC(=O)c1ccccc1)C1C3CO[C@@H]3CC3OC31C(=O)C2O.CCC(NC(=O)OC(C)(C)C)c1ccccc1. The molecule has 1 amide bonds. The number of alkyl carbamates (subject to hydrolysis) is 1. The van der Waals surface area contributed by atoms with Gasteiger partial charge >= 0.3 is 12.1 Å². The molecular weight excluding hydrogens is 726 g/mol. The van der Waals surface area contributed by atoms with E-state index >= 15 is 0 Å². The Bertz CT molecular complexity index is 1690. The second-order valence-corrected chi connectivity index (χ2v) is 15.8. The van der Waals surface area contributed by atoms with Crippen LogP contribution < -0.4 is 5.32 Å². The lowest BCUT2D eigenvalue weighted by Crippen LogP contribution is -2.69. The molecule has 7 rings (SSSR count). The van der Waals surface area contributed by atoms with Gasteiger partial charge in [0.1, 0.15) is 29.7 Å². The molecule has 2 saturated heterocycles. The molecule has 2 aliphatic heterocycles. The van der Waals surface area contributed by atoms with Crippen molar-refractivity contribution in [2.45, 2.75) is 128 Å². The fourth-order valence-electron chi connectivity index (χ4n) is 8.05. The van der Waals surface area contributed by atoms with Crippen LogP contribution in [0.1, 0.15) is 96.1 Å². The van der Waals surface area contributed by atoms with E-state index in [0.717, 1.165) is 18.9 Å². The highest BCUT2D eigenvalue weighted by atomic mass is 16.6. The van der Waals surface area contributed by atoms with Crippen LogP contribution in [0.5, 0.6) is 0 Å². The molecule has 8 unspecified atom stereocenters. The molecule has 2 bridgehead atoms. The number of Topliss-reactive ketones (excluding diaryl/α,β-unsaturated/α-hetero) is 1. The minimum absolute atomic E-state index is 0.00560. The highest BCUT2D eigenvalue weighted by Crippen LogP contribution is 2.63. The fraction of sp³-hybridized carbons (Fsp3) is 0.571. The summed E-state index contributed by atoms with van der Waals surface area (Å²) in [5.74, 6) is -2.93. The van der Waals surface area contributed by atoms with E-state index in [2.05, 4.69) is 5.32 Å². The van der Waals surface area contributed by atoms with E-state index in [1.165, 1.54) is 6.92 Å². The average molecular weight is 784 g/mol. The van der Waals surface area contributed by atoms with Crippen LogP contribution in [-0.4, -0.2) is 103 Å². The number of carboxylic acids is 1. The zero-order valence-corrected chi connectivity index (χ0v) is 33.1. The molecule has 2 aromatic rings. The molecule has 5 aliphatic rings. The van der Waals surface area contributed by atoms with E-state index in [4.69, 9.17) is 39.1 Å². The molecule has 2 heterocycles. The van der Waals surface area contributed by atoms with Crippen molar-refractivity contribution in [1.29, 1.82) is 0 Å². The summed E-state index contributed by atoms with van der Waals surface area (Å²) in [5.41, 5.74) is -1.13. The van der Waals surface area contributed by atoms with E-state index in [1.807, 2.05) is 70.2 Å². The summed E-state index contributed by atoms with van der Waals surface area (Å²) in [6.07, 6.45) is -0.166. The number of epoxide rings is 1. The van der Waals surface area contributed by atoms with Crippen molar-refractivity contribution in [2.24, 2.45) is 17.8 Å². The predicted octanol–water partition coefficient (Wildman–Crippen LogP) is 4.49. The number of aliphatic hydroxyl groups is 4. The summed E-state index contributed by atoms with van der Waals surface area (Å²) in [6.45, 7) is 12.2. The van der Waals surface area contributed by atoms with Crippen molar-refractivity contribution in [1.82, 2.24) is 5.32 Å². The Balaban J connectivity index is 0.000000235. The lowest BCUT2D eigenvalue weighted by molar-refractivity contribution is -0.221. The maximum Gasteiger partial charge on any atom is 0.408 e. The van der Waals surface area contributed by atoms with E-state index in [1.54, 1.807) is 31.2 Å². The maximum atomic E-state index is 13.5. The van der Waals surface area contributed by atoms with Gasteiger partial charge in [-0.3, -0.25) is 9.59 Å². The summed E-state index contributed by atoms with van der Waals surface area (Å²) < 4.78 is 23.1. The molecule has 2 aromatic carbocycles. The van der Waals surface area contributed by atoms with Crippen LogP contribution >= 0.6 is 0 Å². The quantitative estimate of drug-likeness (QED) is 0.107. The summed E-state index contributed by atoms with van der Waals surface area (Å²) in [7, 11) is 0. The molecule has 1 spiro atoms. The number of carboxylic acid groups (broad SMARTS) is 1. The Hall–Kier alpha value is -4.18. The van der Waals surface area contributed by atoms with Crippen LogP contribution in [0.3, 0.4) is 0 Å². The topological polar surface area (TPSA) is 222 Å². The van der Waals surface area contributed by atoms with Gasteiger partial charge in [0.15, 0.2) is 11.4 Å². The number of benzene rings is 2. The van der Waals surface area contributed by atoms with Crippen LogP contribution in [0, 0.1) is 17.8 Å². The molecule has 3 aliphatic carbocycles. The van der Waals surface area contributed by atoms with Crippen molar-refractivity contribution in [3.63, 3.8) is 0 Å². The first-order valence-corrected chi connectivity index (χ1v) is 19.1. The van der Waals surface area contributed by atoms with Gasteiger partial charge in [-0.15, -0.1) is 0 Å². The number of carbonyl (C=O) groups is 4. The minimum Gasteiger partial charge on any atom is -0.481 e. The largest absolute Gasteiger partial charge is 0.481 e. The number of carbonyl (C=O) groups excluding carboxylic acids is 3. The van der Waals surface area contributed by atoms with Gasteiger partial charge in [0, 0.05) is 31.1 Å². The van der Waals surface area contributed by atoms with Gasteiger partial charge < -0.3 is 49.8 Å². The number of nitrogens with one attached hydrogen (secondary N) is 1. The third kappa shape index (κ3) is 10.2.